The van der Waals surface area contributed by atoms with Crippen molar-refractivity contribution in [1.29, 1.82) is 0 Å². The van der Waals surface area contributed by atoms with Gasteiger partial charge >= 0.3 is 0 Å². The molecule has 1 saturated heterocycles. The average molecular weight is 547 g/mol. The van der Waals surface area contributed by atoms with Crippen molar-refractivity contribution in [2.45, 2.75) is 19.4 Å². The minimum Gasteiger partial charge on any atom is -0.503 e. The van der Waals surface area contributed by atoms with Gasteiger partial charge in [0.15, 0.2) is 10.7 Å². The van der Waals surface area contributed by atoms with E-state index in [9.17, 15) is 14.7 Å². The normalized spacial score (nSPS) is 18.6. The van der Waals surface area contributed by atoms with Gasteiger partial charge in [-0.05, 0) is 43.2 Å². The molecule has 0 saturated carbocycles. The van der Waals surface area contributed by atoms with Gasteiger partial charge in [0.05, 0.1) is 47.8 Å². The molecule has 9 nitrogen and oxygen atoms in total. The van der Waals surface area contributed by atoms with E-state index in [1.807, 2.05) is 47.7 Å². The molecule has 0 radical (unpaired) electrons. The number of aryl methyl sites for hydroxylation is 1. The van der Waals surface area contributed by atoms with Crippen molar-refractivity contribution in [3.8, 4) is 5.75 Å². The lowest BCUT2D eigenvalue weighted by Crippen LogP contribution is -2.39. The number of imidazole rings is 1. The summed E-state index contributed by atoms with van der Waals surface area (Å²) in [6, 6.07) is 14.4. The highest BCUT2D eigenvalue weighted by Crippen LogP contribution is 2.41. The highest BCUT2D eigenvalue weighted by atomic mass is 32.1. The summed E-state index contributed by atoms with van der Waals surface area (Å²) in [6.07, 6.45) is 0.713. The minimum atomic E-state index is -0.703. The molecule has 1 atom stereocenters. The lowest BCUT2D eigenvalue weighted by atomic mass is 9.95. The molecule has 10 heteroatoms. The Hall–Kier alpha value is -3.73. The number of fused-ring (bicyclic) bond motifs is 3. The van der Waals surface area contributed by atoms with E-state index in [0.29, 0.717) is 41.8 Å². The van der Waals surface area contributed by atoms with Gasteiger partial charge in [0, 0.05) is 31.9 Å². The van der Waals surface area contributed by atoms with Crippen LogP contribution in [0, 0.1) is 6.92 Å². The molecule has 202 valence electrons. The number of amides is 1. The fourth-order valence-corrected chi connectivity index (χ4v) is 6.63. The van der Waals surface area contributed by atoms with Gasteiger partial charge in [-0.15, -0.1) is 0 Å². The Bertz CT molecular complexity index is 1580. The SMILES string of the molecule is COc1ccc(C2C(C(=O)c3sc4nc5ccccc5n4c3C)=C(O)C(=O)N2CCCN2CCOCC2)cc1. The van der Waals surface area contributed by atoms with Crippen LogP contribution < -0.4 is 4.74 Å². The van der Waals surface area contributed by atoms with E-state index in [1.54, 1.807) is 24.1 Å². The number of benzene rings is 2. The molecule has 1 N–H and O–H groups in total. The van der Waals surface area contributed by atoms with Crippen LogP contribution in [0.15, 0.2) is 59.9 Å². The number of morpholine rings is 1. The van der Waals surface area contributed by atoms with Crippen molar-refractivity contribution >= 4 is 39.0 Å². The number of thiazole rings is 1. The van der Waals surface area contributed by atoms with E-state index < -0.39 is 17.7 Å². The molecule has 0 spiro atoms. The fourth-order valence-electron chi connectivity index (χ4n) is 5.53. The summed E-state index contributed by atoms with van der Waals surface area (Å²) in [7, 11) is 1.59. The second kappa shape index (κ2) is 10.4. The third kappa shape index (κ3) is 4.48. The lowest BCUT2D eigenvalue weighted by Gasteiger charge is -2.30. The first-order valence-corrected chi connectivity index (χ1v) is 13.9. The number of aliphatic hydroxyl groups is 1. The van der Waals surface area contributed by atoms with Crippen molar-refractivity contribution in [3.63, 3.8) is 0 Å². The number of carbonyl (C=O) groups excluding carboxylic acids is 2. The quantitative estimate of drug-likeness (QED) is 0.332. The number of rotatable bonds is 8. The summed E-state index contributed by atoms with van der Waals surface area (Å²) >= 11 is 1.28. The predicted octanol–water partition coefficient (Wildman–Crippen LogP) is 4.17. The van der Waals surface area contributed by atoms with Gasteiger partial charge in [0.2, 0.25) is 5.78 Å². The fraction of sp³-hybridized carbons (Fsp3) is 0.345. The molecule has 1 fully saturated rings. The van der Waals surface area contributed by atoms with E-state index >= 15 is 0 Å². The van der Waals surface area contributed by atoms with Crippen LogP contribution in [0.2, 0.25) is 0 Å². The van der Waals surface area contributed by atoms with E-state index in [-0.39, 0.29) is 11.4 Å². The third-order valence-electron chi connectivity index (χ3n) is 7.55. The average Bonchev–Trinajstić information content (AvgIpc) is 3.58. The zero-order valence-electron chi connectivity index (χ0n) is 21.9. The Morgan fingerprint density at radius 1 is 1.13 bits per heavy atom. The summed E-state index contributed by atoms with van der Waals surface area (Å²) in [5.41, 5.74) is 3.35. The van der Waals surface area contributed by atoms with Crippen LogP contribution in [-0.2, 0) is 9.53 Å². The summed E-state index contributed by atoms with van der Waals surface area (Å²) in [5.74, 6) is -0.687. The van der Waals surface area contributed by atoms with Crippen LogP contribution >= 0.6 is 11.3 Å². The molecule has 0 aliphatic carbocycles. The molecule has 2 aromatic carbocycles. The molecule has 2 aromatic heterocycles. The van der Waals surface area contributed by atoms with Crippen molar-refractivity contribution in [2.75, 3.05) is 46.5 Å². The molecule has 1 amide bonds. The van der Waals surface area contributed by atoms with Gasteiger partial charge in [-0.2, -0.15) is 0 Å². The number of aliphatic hydroxyl groups excluding tert-OH is 1. The summed E-state index contributed by atoms with van der Waals surface area (Å²) in [4.78, 5) is 37.3. The maximum Gasteiger partial charge on any atom is 0.290 e. The molecule has 1 unspecified atom stereocenters. The van der Waals surface area contributed by atoms with Gasteiger partial charge in [-0.25, -0.2) is 4.98 Å². The molecule has 0 bridgehead atoms. The molecule has 2 aliphatic heterocycles. The van der Waals surface area contributed by atoms with E-state index in [2.05, 4.69) is 9.88 Å². The number of hydrogen-bond acceptors (Lipinski definition) is 8. The molecule has 39 heavy (non-hydrogen) atoms. The van der Waals surface area contributed by atoms with E-state index in [1.165, 1.54) is 11.3 Å². The maximum atomic E-state index is 14.1. The first kappa shape index (κ1) is 25.5. The van der Waals surface area contributed by atoms with E-state index in [0.717, 1.165) is 41.9 Å². The van der Waals surface area contributed by atoms with Gasteiger partial charge in [0.1, 0.15) is 5.75 Å². The summed E-state index contributed by atoms with van der Waals surface area (Å²) in [6.45, 7) is 6.22. The van der Waals surface area contributed by atoms with Crippen LogP contribution in [0.1, 0.15) is 33.4 Å². The van der Waals surface area contributed by atoms with Crippen LogP contribution in [0.3, 0.4) is 0 Å². The van der Waals surface area contributed by atoms with Crippen LogP contribution in [-0.4, -0.2) is 82.5 Å². The monoisotopic (exact) mass is 546 g/mol. The molecule has 2 aliphatic rings. The smallest absolute Gasteiger partial charge is 0.290 e. The number of carbonyl (C=O) groups is 2. The van der Waals surface area contributed by atoms with Crippen LogP contribution in [0.5, 0.6) is 5.75 Å². The number of para-hydroxylation sites is 2. The number of Topliss-reactive ketones (excluding diaryl/α,β-unsaturated/α-hetero) is 1. The maximum absolute atomic E-state index is 14.1. The number of nitrogens with zero attached hydrogens (tertiary/aromatic N) is 4. The molecule has 6 rings (SSSR count). The minimum absolute atomic E-state index is 0.105. The Kier molecular flexibility index (Phi) is 6.84. The third-order valence-corrected chi connectivity index (χ3v) is 8.69. The van der Waals surface area contributed by atoms with Crippen molar-refractivity contribution in [3.05, 3.63) is 76.0 Å². The number of ketones is 1. The second-order valence-electron chi connectivity index (χ2n) is 9.81. The number of ether oxygens (including phenoxy) is 2. The highest BCUT2D eigenvalue weighted by Gasteiger charge is 2.44. The van der Waals surface area contributed by atoms with Crippen molar-refractivity contribution in [2.24, 2.45) is 0 Å². The van der Waals surface area contributed by atoms with Gasteiger partial charge in [-0.3, -0.25) is 18.9 Å². The molecule has 4 heterocycles. The Labute approximate surface area is 229 Å². The molecular formula is C29H30N4O5S. The number of aromatic nitrogens is 2. The Morgan fingerprint density at radius 2 is 1.87 bits per heavy atom. The first-order valence-electron chi connectivity index (χ1n) is 13.1. The van der Waals surface area contributed by atoms with Gasteiger partial charge < -0.3 is 19.5 Å². The second-order valence-corrected chi connectivity index (χ2v) is 10.8. The van der Waals surface area contributed by atoms with Crippen molar-refractivity contribution in [1.82, 2.24) is 19.2 Å². The molecular weight excluding hydrogens is 516 g/mol. The number of hydrogen-bond donors (Lipinski definition) is 1. The first-order chi connectivity index (χ1) is 19.0. The largest absolute Gasteiger partial charge is 0.503 e. The van der Waals surface area contributed by atoms with Crippen molar-refractivity contribution < 1.29 is 24.2 Å². The highest BCUT2D eigenvalue weighted by molar-refractivity contribution is 7.19. The topological polar surface area (TPSA) is 96.6 Å². The van der Waals surface area contributed by atoms with Gasteiger partial charge in [0.25, 0.3) is 5.91 Å². The number of methoxy groups -OCH3 is 1. The predicted molar refractivity (Wildman–Crippen MR) is 149 cm³/mol. The van der Waals surface area contributed by atoms with E-state index in [4.69, 9.17) is 9.47 Å². The standard InChI is InChI=1S/C29H30N4O5S/c1-18-27(39-29-30-21-6-3-4-7-22(21)33(18)29)25(34)23-24(19-8-10-20(37-2)11-9-19)32(28(36)26(23)35)13-5-12-31-14-16-38-17-15-31/h3-4,6-11,24,35H,5,12-17H2,1-2H3. The van der Waals surface area contributed by atoms with Gasteiger partial charge in [-0.1, -0.05) is 35.6 Å². The van der Waals surface area contributed by atoms with Crippen LogP contribution in [0.4, 0.5) is 0 Å². The zero-order valence-corrected chi connectivity index (χ0v) is 22.7. The Morgan fingerprint density at radius 3 is 2.62 bits per heavy atom. The lowest BCUT2D eigenvalue weighted by molar-refractivity contribution is -0.129. The Balaban J connectivity index is 1.35. The van der Waals surface area contributed by atoms with Crippen LogP contribution in [0.25, 0.3) is 16.0 Å². The summed E-state index contributed by atoms with van der Waals surface area (Å²) in [5, 5.41) is 11.1. The summed E-state index contributed by atoms with van der Waals surface area (Å²) < 4.78 is 12.7. The zero-order chi connectivity index (χ0) is 27.1. The molecule has 4 aromatic rings.